The number of nitrogens with one attached hydrogen (secondary N) is 2. The van der Waals surface area contributed by atoms with Gasteiger partial charge >= 0.3 is 0 Å². The summed E-state index contributed by atoms with van der Waals surface area (Å²) in [4.78, 5) is 28.4. The summed E-state index contributed by atoms with van der Waals surface area (Å²) in [6, 6.07) is 10.3. The van der Waals surface area contributed by atoms with Crippen molar-refractivity contribution < 1.29 is 18.3 Å². The first-order chi connectivity index (χ1) is 17.8. The minimum Gasteiger partial charge on any atom is -0.435 e. The Morgan fingerprint density at radius 2 is 1.84 bits per heavy atom. The molecular weight excluding hydrogens is 478 g/mol. The fourth-order valence-electron chi connectivity index (χ4n) is 4.59. The van der Waals surface area contributed by atoms with E-state index in [2.05, 4.69) is 37.0 Å². The minimum atomic E-state index is -0.751. The van der Waals surface area contributed by atoms with Crippen molar-refractivity contribution in [2.45, 2.75) is 20.8 Å². The van der Waals surface area contributed by atoms with Crippen molar-refractivity contribution in [3.05, 3.63) is 65.6 Å². The van der Waals surface area contributed by atoms with Gasteiger partial charge < -0.3 is 24.8 Å². The molecule has 5 rings (SSSR count). The number of aromatic nitrogens is 3. The van der Waals surface area contributed by atoms with Gasteiger partial charge in [-0.1, -0.05) is 6.92 Å². The molecule has 2 aromatic heterocycles. The number of carbonyl (C=O) groups is 1. The van der Waals surface area contributed by atoms with Crippen LogP contribution in [0.2, 0.25) is 0 Å². The van der Waals surface area contributed by atoms with Gasteiger partial charge in [-0.25, -0.2) is 18.7 Å². The summed E-state index contributed by atoms with van der Waals surface area (Å²) in [7, 11) is 0. The molecule has 1 aliphatic heterocycles. The van der Waals surface area contributed by atoms with Crippen molar-refractivity contribution in [1.29, 1.82) is 0 Å². The predicted octanol–water partition coefficient (Wildman–Crippen LogP) is 5.42. The van der Waals surface area contributed by atoms with Gasteiger partial charge in [-0.2, -0.15) is 0 Å². The molecule has 0 unspecified atom stereocenters. The summed E-state index contributed by atoms with van der Waals surface area (Å²) in [6.45, 7) is 10.3. The third kappa shape index (κ3) is 4.97. The maximum atomic E-state index is 15.1. The molecular formula is C27H28F2N6O2. The van der Waals surface area contributed by atoms with Gasteiger partial charge in [0, 0.05) is 54.7 Å². The van der Waals surface area contributed by atoms with E-state index in [0.29, 0.717) is 11.4 Å². The van der Waals surface area contributed by atoms with Crippen molar-refractivity contribution in [3.63, 3.8) is 0 Å². The Hall–Kier alpha value is -4.05. The van der Waals surface area contributed by atoms with Crippen LogP contribution in [0, 0.1) is 18.6 Å². The van der Waals surface area contributed by atoms with Crippen molar-refractivity contribution in [2.75, 3.05) is 42.9 Å². The van der Waals surface area contributed by atoms with Gasteiger partial charge in [-0.05, 0) is 50.7 Å². The number of Topliss-reactive ketones (excluding diaryl/α,β-unsaturated/α-hetero) is 1. The van der Waals surface area contributed by atoms with Crippen LogP contribution in [-0.4, -0.2) is 58.4 Å². The SMILES string of the molecule is CCN1CCN(c2ccc(Nc3ncnc(Oc4cc(F)c5[nH]c(C)cc5c4F)c3C(C)=O)cc2)CC1. The van der Waals surface area contributed by atoms with Gasteiger partial charge in [0.15, 0.2) is 23.2 Å². The average Bonchev–Trinajstić information content (AvgIpc) is 3.30. The first-order valence-corrected chi connectivity index (χ1v) is 12.2. The first-order valence-electron chi connectivity index (χ1n) is 12.2. The molecule has 1 saturated heterocycles. The number of benzene rings is 2. The number of rotatable bonds is 7. The van der Waals surface area contributed by atoms with Crippen LogP contribution in [0.3, 0.4) is 0 Å². The number of ether oxygens (including phenoxy) is 1. The Morgan fingerprint density at radius 1 is 1.11 bits per heavy atom. The van der Waals surface area contributed by atoms with Crippen LogP contribution in [0.5, 0.6) is 11.6 Å². The molecule has 0 aliphatic carbocycles. The molecule has 0 saturated carbocycles. The number of anilines is 3. The molecule has 1 fully saturated rings. The Bertz CT molecular complexity index is 1450. The molecule has 192 valence electrons. The molecule has 0 radical (unpaired) electrons. The number of halogens is 2. The number of likely N-dealkylation sites (N-methyl/N-ethyl adjacent to an activating group) is 1. The number of carbonyl (C=O) groups excluding carboxylic acids is 1. The number of aryl methyl sites for hydroxylation is 1. The lowest BCUT2D eigenvalue weighted by Crippen LogP contribution is -2.46. The molecule has 10 heteroatoms. The number of nitrogens with zero attached hydrogens (tertiary/aromatic N) is 4. The molecule has 2 aromatic carbocycles. The molecule has 1 aliphatic rings. The minimum absolute atomic E-state index is 0.0346. The van der Waals surface area contributed by atoms with Crippen LogP contribution in [0.15, 0.2) is 42.7 Å². The lowest BCUT2D eigenvalue weighted by Gasteiger charge is -2.35. The van der Waals surface area contributed by atoms with E-state index in [0.717, 1.165) is 44.5 Å². The quantitative estimate of drug-likeness (QED) is 0.324. The second-order valence-corrected chi connectivity index (χ2v) is 9.07. The standard InChI is InChI=1S/C27H28F2N6O2/c1-4-34-9-11-35(12-10-34)19-7-5-18(6-8-19)33-26-23(17(3)36)27(31-15-30-26)37-22-14-21(28)25-20(24(22)29)13-16(2)32-25/h5-8,13-15,32H,4,9-12H2,1-3H3,(H,30,31,33). The highest BCUT2D eigenvalue weighted by Gasteiger charge is 2.22. The van der Waals surface area contributed by atoms with Crippen LogP contribution >= 0.6 is 0 Å². The average molecular weight is 507 g/mol. The van der Waals surface area contributed by atoms with E-state index >= 15 is 4.39 Å². The van der Waals surface area contributed by atoms with Crippen molar-refractivity contribution in [1.82, 2.24) is 19.9 Å². The maximum Gasteiger partial charge on any atom is 0.235 e. The number of hydrogen-bond acceptors (Lipinski definition) is 7. The third-order valence-corrected chi connectivity index (χ3v) is 6.59. The number of hydrogen-bond donors (Lipinski definition) is 2. The van der Waals surface area contributed by atoms with Crippen LogP contribution in [0.25, 0.3) is 10.9 Å². The van der Waals surface area contributed by atoms with Gasteiger partial charge in [-0.15, -0.1) is 0 Å². The molecule has 3 heterocycles. The molecule has 0 bridgehead atoms. The maximum absolute atomic E-state index is 15.1. The Labute approximate surface area is 213 Å². The lowest BCUT2D eigenvalue weighted by molar-refractivity contribution is 0.101. The van der Waals surface area contributed by atoms with Crippen molar-refractivity contribution in [3.8, 4) is 11.6 Å². The molecule has 4 aromatic rings. The number of fused-ring (bicyclic) bond motifs is 1. The van der Waals surface area contributed by atoms with Gasteiger partial charge in [-0.3, -0.25) is 4.79 Å². The van der Waals surface area contributed by atoms with E-state index < -0.39 is 11.6 Å². The largest absolute Gasteiger partial charge is 0.435 e. The number of piperazine rings is 1. The fourth-order valence-corrected chi connectivity index (χ4v) is 4.59. The monoisotopic (exact) mass is 506 g/mol. The summed E-state index contributed by atoms with van der Waals surface area (Å²) in [5, 5.41) is 3.19. The normalized spacial score (nSPS) is 14.2. The number of ketones is 1. The first kappa shape index (κ1) is 24.6. The van der Waals surface area contributed by atoms with Crippen molar-refractivity contribution >= 4 is 33.9 Å². The number of H-pyrrole nitrogens is 1. The molecule has 0 atom stereocenters. The Morgan fingerprint density at radius 3 is 2.51 bits per heavy atom. The smallest absolute Gasteiger partial charge is 0.235 e. The summed E-state index contributed by atoms with van der Waals surface area (Å²) >= 11 is 0. The van der Waals surface area contributed by atoms with Crippen LogP contribution in [0.4, 0.5) is 26.0 Å². The predicted molar refractivity (Wildman–Crippen MR) is 139 cm³/mol. The Kier molecular flexibility index (Phi) is 6.75. The van der Waals surface area contributed by atoms with Gasteiger partial charge in [0.25, 0.3) is 0 Å². The van der Waals surface area contributed by atoms with E-state index in [1.54, 1.807) is 6.92 Å². The molecule has 0 spiro atoms. The molecule has 0 amide bonds. The van der Waals surface area contributed by atoms with Gasteiger partial charge in [0.1, 0.15) is 17.7 Å². The van der Waals surface area contributed by atoms with Crippen LogP contribution in [0.1, 0.15) is 29.9 Å². The zero-order valence-corrected chi connectivity index (χ0v) is 20.9. The topological polar surface area (TPSA) is 86.4 Å². The van der Waals surface area contributed by atoms with E-state index in [9.17, 15) is 9.18 Å². The summed E-state index contributed by atoms with van der Waals surface area (Å²) in [5.74, 6) is -2.14. The van der Waals surface area contributed by atoms with Gasteiger partial charge in [0.05, 0.1) is 5.52 Å². The van der Waals surface area contributed by atoms with E-state index in [4.69, 9.17) is 4.74 Å². The number of aromatic amines is 1. The highest BCUT2D eigenvalue weighted by atomic mass is 19.1. The molecule has 8 nitrogen and oxygen atoms in total. The third-order valence-electron chi connectivity index (χ3n) is 6.59. The molecule has 37 heavy (non-hydrogen) atoms. The lowest BCUT2D eigenvalue weighted by atomic mass is 10.2. The summed E-state index contributed by atoms with van der Waals surface area (Å²) in [5.41, 5.74) is 2.52. The zero-order chi connectivity index (χ0) is 26.1. The zero-order valence-electron chi connectivity index (χ0n) is 20.9. The Balaban J connectivity index is 1.39. The highest BCUT2D eigenvalue weighted by Crippen LogP contribution is 2.35. The van der Waals surface area contributed by atoms with Crippen LogP contribution < -0.4 is 15.0 Å². The van der Waals surface area contributed by atoms with E-state index in [1.165, 1.54) is 19.3 Å². The van der Waals surface area contributed by atoms with Crippen molar-refractivity contribution in [2.24, 2.45) is 0 Å². The molecule has 2 N–H and O–H groups in total. The van der Waals surface area contributed by atoms with Gasteiger partial charge in [0.2, 0.25) is 5.88 Å². The van der Waals surface area contributed by atoms with E-state index in [-0.39, 0.29) is 39.7 Å². The fraction of sp³-hybridized carbons (Fsp3) is 0.296. The summed E-state index contributed by atoms with van der Waals surface area (Å²) < 4.78 is 35.3. The second-order valence-electron chi connectivity index (χ2n) is 9.07. The summed E-state index contributed by atoms with van der Waals surface area (Å²) in [6.07, 6.45) is 1.21. The second kappa shape index (κ2) is 10.1. The highest BCUT2D eigenvalue weighted by molar-refractivity contribution is 6.01. The van der Waals surface area contributed by atoms with Crippen LogP contribution in [-0.2, 0) is 0 Å². The van der Waals surface area contributed by atoms with E-state index in [1.807, 2.05) is 24.3 Å².